The highest BCUT2D eigenvalue weighted by Crippen LogP contribution is 2.45. The van der Waals surface area contributed by atoms with Gasteiger partial charge in [0.05, 0.1) is 17.9 Å². The maximum atomic E-state index is 8.69. The van der Waals surface area contributed by atoms with Crippen LogP contribution in [-0.4, -0.2) is 9.55 Å². The Hall–Kier alpha value is -5.47. The molecular formula is C40H28N2. The van der Waals surface area contributed by atoms with Crippen LogP contribution in [0.3, 0.4) is 0 Å². The molecule has 0 aliphatic heterocycles. The molecule has 0 saturated heterocycles. The van der Waals surface area contributed by atoms with Crippen LogP contribution in [0.25, 0.3) is 71.6 Å². The third-order valence-corrected chi connectivity index (χ3v) is 8.00. The lowest BCUT2D eigenvalue weighted by Gasteiger charge is -2.19. The second-order valence-corrected chi connectivity index (χ2v) is 10.5. The summed E-state index contributed by atoms with van der Waals surface area (Å²) < 4.78 is 44.3. The van der Waals surface area contributed by atoms with Gasteiger partial charge in [-0.05, 0) is 92.2 Å². The van der Waals surface area contributed by atoms with E-state index in [0.717, 1.165) is 66.3 Å². The van der Waals surface area contributed by atoms with Crippen molar-refractivity contribution in [2.45, 2.75) is 6.92 Å². The molecule has 2 heteroatoms. The van der Waals surface area contributed by atoms with Crippen molar-refractivity contribution in [3.63, 3.8) is 0 Å². The summed E-state index contributed by atoms with van der Waals surface area (Å²) in [7, 11) is 0. The SMILES string of the molecule is [2H]c1c([2H])c([2H])c(-c2ccc3c(-c4cccc(-n5c(C)nc6ccccc65)c4)c4ccccc4c(-c4ccccc4)c3c2)c([2H])c1[2H]. The van der Waals surface area contributed by atoms with Crippen LogP contribution in [0.15, 0.2) is 152 Å². The van der Waals surface area contributed by atoms with Gasteiger partial charge in [0.25, 0.3) is 0 Å². The number of imidazole rings is 1. The number of benzene rings is 7. The molecule has 0 aliphatic carbocycles. The second-order valence-electron chi connectivity index (χ2n) is 10.5. The van der Waals surface area contributed by atoms with E-state index in [1.54, 1.807) is 0 Å². The van der Waals surface area contributed by atoms with Crippen LogP contribution in [0.5, 0.6) is 0 Å². The van der Waals surface area contributed by atoms with E-state index in [1.165, 1.54) is 0 Å². The number of para-hydroxylation sites is 2. The molecule has 0 unspecified atom stereocenters. The zero-order valence-electron chi connectivity index (χ0n) is 27.9. The van der Waals surface area contributed by atoms with Gasteiger partial charge in [-0.15, -0.1) is 0 Å². The molecule has 0 fully saturated rings. The van der Waals surface area contributed by atoms with Crippen molar-refractivity contribution < 1.29 is 6.85 Å². The number of aryl methyl sites for hydroxylation is 1. The summed E-state index contributed by atoms with van der Waals surface area (Å²) in [6.07, 6.45) is 0. The average molecular weight is 542 g/mol. The minimum absolute atomic E-state index is 0.191. The van der Waals surface area contributed by atoms with E-state index < -0.39 is 6.04 Å². The minimum atomic E-state index is -0.399. The van der Waals surface area contributed by atoms with Gasteiger partial charge in [-0.2, -0.15) is 0 Å². The summed E-state index contributed by atoms with van der Waals surface area (Å²) >= 11 is 0. The van der Waals surface area contributed by atoms with E-state index in [1.807, 2.05) is 67.6 Å². The molecule has 2 nitrogen and oxygen atoms in total. The molecule has 0 amide bonds. The van der Waals surface area contributed by atoms with Gasteiger partial charge in [-0.3, -0.25) is 4.57 Å². The quantitative estimate of drug-likeness (QED) is 0.203. The van der Waals surface area contributed by atoms with Gasteiger partial charge in [0.1, 0.15) is 5.82 Å². The number of nitrogens with zero attached hydrogens (tertiary/aromatic N) is 2. The molecule has 0 radical (unpaired) electrons. The molecule has 0 aliphatic rings. The van der Waals surface area contributed by atoms with Crippen molar-refractivity contribution in [2.75, 3.05) is 0 Å². The molecule has 7 aromatic carbocycles. The summed E-state index contributed by atoms with van der Waals surface area (Å²) in [4.78, 5) is 4.80. The Labute approximate surface area is 252 Å². The highest BCUT2D eigenvalue weighted by atomic mass is 15.1. The van der Waals surface area contributed by atoms with Gasteiger partial charge in [0.2, 0.25) is 0 Å². The highest BCUT2D eigenvalue weighted by molar-refractivity contribution is 6.22. The number of hydrogen-bond donors (Lipinski definition) is 0. The Morgan fingerprint density at radius 3 is 2.00 bits per heavy atom. The van der Waals surface area contributed by atoms with Crippen molar-refractivity contribution in [1.82, 2.24) is 9.55 Å². The molecule has 1 heterocycles. The Morgan fingerprint density at radius 1 is 0.524 bits per heavy atom. The minimum Gasteiger partial charge on any atom is -0.297 e. The lowest BCUT2D eigenvalue weighted by molar-refractivity contribution is 1.00. The summed E-state index contributed by atoms with van der Waals surface area (Å²) in [6, 6.07) is 39.6. The first-order chi connectivity index (χ1) is 22.8. The van der Waals surface area contributed by atoms with Crippen LogP contribution in [0.1, 0.15) is 12.7 Å². The maximum absolute atomic E-state index is 8.69. The summed E-state index contributed by atoms with van der Waals surface area (Å²) in [5, 5.41) is 4.10. The number of fused-ring (bicyclic) bond motifs is 3. The molecule has 8 aromatic rings. The molecule has 0 bridgehead atoms. The van der Waals surface area contributed by atoms with Gasteiger partial charge in [0, 0.05) is 5.69 Å². The monoisotopic (exact) mass is 541 g/mol. The van der Waals surface area contributed by atoms with Crippen molar-refractivity contribution in [1.29, 1.82) is 0 Å². The predicted octanol–water partition coefficient (Wildman–Crippen LogP) is 10.6. The van der Waals surface area contributed by atoms with Gasteiger partial charge in [0.15, 0.2) is 0 Å². The van der Waals surface area contributed by atoms with E-state index in [4.69, 9.17) is 11.8 Å². The van der Waals surface area contributed by atoms with E-state index >= 15 is 0 Å². The average Bonchev–Trinajstić information content (AvgIpc) is 3.44. The van der Waals surface area contributed by atoms with Gasteiger partial charge >= 0.3 is 0 Å². The zero-order chi connectivity index (χ0) is 32.4. The number of aromatic nitrogens is 2. The van der Waals surface area contributed by atoms with Crippen molar-refractivity contribution >= 4 is 32.6 Å². The van der Waals surface area contributed by atoms with Crippen molar-refractivity contribution in [2.24, 2.45) is 0 Å². The molecule has 0 spiro atoms. The smallest absolute Gasteiger partial charge is 0.111 e. The van der Waals surface area contributed by atoms with E-state index in [-0.39, 0.29) is 29.7 Å². The van der Waals surface area contributed by atoms with E-state index in [0.29, 0.717) is 5.56 Å². The Kier molecular flexibility index (Phi) is 4.60. The fourth-order valence-electron chi connectivity index (χ4n) is 6.23. The molecule has 42 heavy (non-hydrogen) atoms. The fourth-order valence-corrected chi connectivity index (χ4v) is 6.23. The second kappa shape index (κ2) is 9.87. The summed E-state index contributed by atoms with van der Waals surface area (Å²) in [6.45, 7) is 2.02. The summed E-state index contributed by atoms with van der Waals surface area (Å²) in [5.74, 6) is 0.903. The normalized spacial score (nSPS) is 13.1. The van der Waals surface area contributed by atoms with Crippen molar-refractivity contribution in [3.8, 4) is 39.1 Å². The molecule has 198 valence electrons. The highest BCUT2D eigenvalue weighted by Gasteiger charge is 2.18. The van der Waals surface area contributed by atoms with Crippen LogP contribution in [0.2, 0.25) is 0 Å². The molecule has 0 atom stereocenters. The maximum Gasteiger partial charge on any atom is 0.111 e. The van der Waals surface area contributed by atoms with Gasteiger partial charge in [-0.1, -0.05) is 121 Å². The van der Waals surface area contributed by atoms with Crippen LogP contribution < -0.4 is 0 Å². The third kappa shape index (κ3) is 3.92. The molecular weight excluding hydrogens is 508 g/mol. The van der Waals surface area contributed by atoms with E-state index in [9.17, 15) is 0 Å². The first-order valence-electron chi connectivity index (χ1n) is 16.5. The first kappa shape index (κ1) is 19.6. The Bertz CT molecular complexity index is 2510. The first-order valence-corrected chi connectivity index (χ1v) is 14.0. The van der Waals surface area contributed by atoms with Crippen molar-refractivity contribution in [3.05, 3.63) is 157 Å². The Balaban J connectivity index is 1.47. The number of rotatable bonds is 4. The fraction of sp³-hybridized carbons (Fsp3) is 0.0250. The van der Waals surface area contributed by atoms with Gasteiger partial charge < -0.3 is 0 Å². The zero-order valence-corrected chi connectivity index (χ0v) is 22.9. The van der Waals surface area contributed by atoms with Crippen LogP contribution in [0.4, 0.5) is 0 Å². The molecule has 1 aromatic heterocycles. The van der Waals surface area contributed by atoms with Crippen LogP contribution in [-0.2, 0) is 0 Å². The lowest BCUT2D eigenvalue weighted by atomic mass is 9.85. The van der Waals surface area contributed by atoms with E-state index in [2.05, 4.69) is 65.2 Å². The lowest BCUT2D eigenvalue weighted by Crippen LogP contribution is -1.97. The third-order valence-electron chi connectivity index (χ3n) is 8.00. The largest absolute Gasteiger partial charge is 0.297 e. The Morgan fingerprint density at radius 2 is 1.19 bits per heavy atom. The van der Waals surface area contributed by atoms with Gasteiger partial charge in [-0.25, -0.2) is 4.98 Å². The van der Waals surface area contributed by atoms with Crippen LogP contribution in [0, 0.1) is 6.92 Å². The molecule has 0 N–H and O–H groups in total. The molecule has 8 rings (SSSR count). The summed E-state index contributed by atoms with van der Waals surface area (Å²) in [5.41, 5.74) is 7.92. The number of hydrogen-bond acceptors (Lipinski definition) is 1. The standard InChI is InChI=1S/C40H28N2/c1-27-41-37-21-10-11-22-38(37)42(27)32-18-12-17-31(25-32)40-34-20-9-8-19-33(34)39(29-15-6-3-7-16-29)36-26-30(23-24-35(36)40)28-13-4-2-5-14-28/h2-26H,1H3/i2D,4D,5D,13D,14D. The predicted molar refractivity (Wildman–Crippen MR) is 177 cm³/mol. The molecule has 0 saturated carbocycles. The van der Waals surface area contributed by atoms with Crippen LogP contribution >= 0.6 is 0 Å². The topological polar surface area (TPSA) is 17.8 Å².